The largest absolute Gasteiger partial charge is 0.496 e. The van der Waals surface area contributed by atoms with Gasteiger partial charge in [-0.15, -0.1) is 0 Å². The second-order valence-electron chi connectivity index (χ2n) is 5.44. The van der Waals surface area contributed by atoms with Crippen LogP contribution in [0, 0.1) is 20.8 Å². The number of rotatable bonds is 5. The summed E-state index contributed by atoms with van der Waals surface area (Å²) in [6.45, 7) is 6.58. The van der Waals surface area contributed by atoms with E-state index < -0.39 is 0 Å². The Hall–Kier alpha value is -2.36. The number of hydrogen-bond donors (Lipinski definition) is 1. The summed E-state index contributed by atoms with van der Waals surface area (Å²) in [5, 5.41) is 2.94. The average Bonchev–Trinajstić information content (AvgIpc) is 2.52. The number of nitrogens with one attached hydrogen (secondary N) is 1. The molecular weight excluding hydrogens is 276 g/mol. The molecule has 4 heteroatoms. The molecule has 0 saturated carbocycles. The Labute approximate surface area is 131 Å². The molecule has 2 rings (SSSR count). The Morgan fingerprint density at radius 3 is 2.50 bits per heavy atom. The number of hydrogen-bond acceptors (Lipinski definition) is 3. The molecule has 0 unspecified atom stereocenters. The van der Waals surface area contributed by atoms with Gasteiger partial charge in [-0.2, -0.15) is 0 Å². The van der Waals surface area contributed by atoms with E-state index >= 15 is 0 Å². The zero-order valence-electron chi connectivity index (χ0n) is 13.6. The van der Waals surface area contributed by atoms with Gasteiger partial charge in [0.2, 0.25) is 5.91 Å². The molecule has 0 bridgehead atoms. The number of aryl methyl sites for hydroxylation is 1. The monoisotopic (exact) mass is 298 g/mol. The highest BCUT2D eigenvalue weighted by Crippen LogP contribution is 2.28. The number of pyridine rings is 1. The van der Waals surface area contributed by atoms with Crippen LogP contribution in [0.4, 0.5) is 0 Å². The van der Waals surface area contributed by atoms with Gasteiger partial charge in [0, 0.05) is 18.9 Å². The predicted molar refractivity (Wildman–Crippen MR) is 87.0 cm³/mol. The smallest absolute Gasteiger partial charge is 0.224 e. The van der Waals surface area contributed by atoms with Gasteiger partial charge in [0.1, 0.15) is 5.75 Å². The summed E-state index contributed by atoms with van der Waals surface area (Å²) < 4.78 is 5.42. The van der Waals surface area contributed by atoms with Gasteiger partial charge < -0.3 is 10.1 Å². The molecule has 1 heterocycles. The first-order valence-corrected chi connectivity index (χ1v) is 7.32. The quantitative estimate of drug-likeness (QED) is 0.923. The number of aromatic nitrogens is 1. The van der Waals surface area contributed by atoms with Crippen LogP contribution in [0.25, 0.3) is 0 Å². The normalized spacial score (nSPS) is 10.4. The molecule has 1 N–H and O–H groups in total. The highest BCUT2D eigenvalue weighted by molar-refractivity contribution is 5.79. The van der Waals surface area contributed by atoms with E-state index in [0.717, 1.165) is 33.6 Å². The zero-order chi connectivity index (χ0) is 16.1. The van der Waals surface area contributed by atoms with Crippen LogP contribution >= 0.6 is 0 Å². The first kappa shape index (κ1) is 16.0. The summed E-state index contributed by atoms with van der Waals surface area (Å²) >= 11 is 0. The molecule has 116 valence electrons. The average molecular weight is 298 g/mol. The summed E-state index contributed by atoms with van der Waals surface area (Å²) in [6, 6.07) is 5.83. The van der Waals surface area contributed by atoms with Gasteiger partial charge >= 0.3 is 0 Å². The second kappa shape index (κ2) is 7.07. The van der Waals surface area contributed by atoms with Crippen molar-refractivity contribution >= 4 is 5.91 Å². The number of methoxy groups -OCH3 is 1. The summed E-state index contributed by atoms with van der Waals surface area (Å²) in [6.07, 6.45) is 3.83. The summed E-state index contributed by atoms with van der Waals surface area (Å²) in [5.74, 6) is 0.919. The first-order valence-electron chi connectivity index (χ1n) is 7.32. The molecule has 4 nitrogen and oxygen atoms in total. The molecule has 1 aromatic carbocycles. The van der Waals surface area contributed by atoms with Crippen molar-refractivity contribution in [1.29, 1.82) is 0 Å². The van der Waals surface area contributed by atoms with Crippen LogP contribution in [0.3, 0.4) is 0 Å². The minimum atomic E-state index is 0.0175. The third-order valence-electron chi connectivity index (χ3n) is 3.93. The van der Waals surface area contributed by atoms with Crippen LogP contribution in [0.1, 0.15) is 27.8 Å². The van der Waals surface area contributed by atoms with Crippen LogP contribution in [0.2, 0.25) is 0 Å². The van der Waals surface area contributed by atoms with E-state index in [4.69, 9.17) is 4.74 Å². The van der Waals surface area contributed by atoms with Gasteiger partial charge in [-0.05, 0) is 60.7 Å². The highest BCUT2D eigenvalue weighted by Gasteiger charge is 2.13. The van der Waals surface area contributed by atoms with Crippen molar-refractivity contribution in [3.05, 3.63) is 58.4 Å². The Kier molecular flexibility index (Phi) is 5.15. The number of carbonyl (C=O) groups is 1. The Morgan fingerprint density at radius 2 is 1.86 bits per heavy atom. The van der Waals surface area contributed by atoms with Gasteiger partial charge in [-0.1, -0.05) is 6.07 Å². The van der Waals surface area contributed by atoms with E-state index in [1.54, 1.807) is 19.5 Å². The van der Waals surface area contributed by atoms with Crippen LogP contribution in [0.5, 0.6) is 5.75 Å². The molecular formula is C18H22N2O2. The first-order chi connectivity index (χ1) is 10.5. The standard InChI is InChI=1S/C18H22N2O2/c1-12-9-16(13(2)14(3)18(12)22-4)10-17(21)20-11-15-5-7-19-8-6-15/h5-9H,10-11H2,1-4H3,(H,20,21). The number of ether oxygens (including phenoxy) is 1. The van der Waals surface area contributed by atoms with Gasteiger partial charge in [0.15, 0.2) is 0 Å². The van der Waals surface area contributed by atoms with Crippen LogP contribution in [-0.2, 0) is 17.8 Å². The lowest BCUT2D eigenvalue weighted by Crippen LogP contribution is -2.25. The van der Waals surface area contributed by atoms with E-state index in [1.807, 2.05) is 39.0 Å². The predicted octanol–water partition coefficient (Wildman–Crippen LogP) is 2.87. The van der Waals surface area contributed by atoms with Crippen molar-refractivity contribution in [3.8, 4) is 5.75 Å². The number of nitrogens with zero attached hydrogens (tertiary/aromatic N) is 1. The van der Waals surface area contributed by atoms with Gasteiger partial charge in [-0.25, -0.2) is 0 Å². The SMILES string of the molecule is COc1c(C)cc(CC(=O)NCc2ccncc2)c(C)c1C. The fraction of sp³-hybridized carbons (Fsp3) is 0.333. The molecule has 1 aromatic heterocycles. The zero-order valence-corrected chi connectivity index (χ0v) is 13.6. The Morgan fingerprint density at radius 1 is 1.18 bits per heavy atom. The van der Waals surface area contributed by atoms with E-state index in [1.165, 1.54) is 0 Å². The molecule has 0 atom stereocenters. The van der Waals surface area contributed by atoms with Crippen molar-refractivity contribution in [2.45, 2.75) is 33.7 Å². The summed E-state index contributed by atoms with van der Waals surface area (Å²) in [7, 11) is 1.68. The lowest BCUT2D eigenvalue weighted by atomic mass is 9.96. The molecule has 0 aliphatic carbocycles. The van der Waals surface area contributed by atoms with Crippen LogP contribution in [0.15, 0.2) is 30.6 Å². The second-order valence-corrected chi connectivity index (χ2v) is 5.44. The van der Waals surface area contributed by atoms with Crippen molar-refractivity contribution in [2.24, 2.45) is 0 Å². The molecule has 22 heavy (non-hydrogen) atoms. The third kappa shape index (κ3) is 3.64. The van der Waals surface area contributed by atoms with Gasteiger partial charge in [0.25, 0.3) is 0 Å². The van der Waals surface area contributed by atoms with E-state index in [0.29, 0.717) is 13.0 Å². The lowest BCUT2D eigenvalue weighted by molar-refractivity contribution is -0.120. The van der Waals surface area contributed by atoms with E-state index in [9.17, 15) is 4.79 Å². The maximum absolute atomic E-state index is 12.2. The number of carbonyl (C=O) groups excluding carboxylic acids is 1. The Bertz CT molecular complexity index is 667. The van der Waals surface area contributed by atoms with Gasteiger partial charge in [-0.3, -0.25) is 9.78 Å². The minimum absolute atomic E-state index is 0.0175. The third-order valence-corrected chi connectivity index (χ3v) is 3.93. The topological polar surface area (TPSA) is 51.2 Å². The Balaban J connectivity index is 2.06. The fourth-order valence-corrected chi connectivity index (χ4v) is 2.58. The van der Waals surface area contributed by atoms with Crippen molar-refractivity contribution in [2.75, 3.05) is 7.11 Å². The van der Waals surface area contributed by atoms with Crippen molar-refractivity contribution in [1.82, 2.24) is 10.3 Å². The minimum Gasteiger partial charge on any atom is -0.496 e. The summed E-state index contributed by atoms with van der Waals surface area (Å²) in [5.41, 5.74) is 5.36. The molecule has 0 aliphatic rings. The summed E-state index contributed by atoms with van der Waals surface area (Å²) in [4.78, 5) is 16.1. The van der Waals surface area contributed by atoms with Crippen LogP contribution < -0.4 is 10.1 Å². The fourth-order valence-electron chi connectivity index (χ4n) is 2.58. The van der Waals surface area contributed by atoms with Crippen molar-refractivity contribution in [3.63, 3.8) is 0 Å². The molecule has 0 spiro atoms. The van der Waals surface area contributed by atoms with Crippen LogP contribution in [-0.4, -0.2) is 18.0 Å². The maximum atomic E-state index is 12.2. The van der Waals surface area contributed by atoms with E-state index in [2.05, 4.69) is 10.3 Å². The van der Waals surface area contributed by atoms with Gasteiger partial charge in [0.05, 0.1) is 13.5 Å². The van der Waals surface area contributed by atoms with Crippen molar-refractivity contribution < 1.29 is 9.53 Å². The molecule has 0 fully saturated rings. The number of amides is 1. The maximum Gasteiger partial charge on any atom is 0.224 e. The molecule has 0 radical (unpaired) electrons. The highest BCUT2D eigenvalue weighted by atomic mass is 16.5. The molecule has 1 amide bonds. The molecule has 0 saturated heterocycles. The van der Waals surface area contributed by atoms with E-state index in [-0.39, 0.29) is 5.91 Å². The lowest BCUT2D eigenvalue weighted by Gasteiger charge is -2.15. The molecule has 2 aromatic rings. The number of benzene rings is 1. The molecule has 0 aliphatic heterocycles.